The SMILES string of the molecule is CCOC(=O)C(c1ncc([N+](=O)[O-])n1C)([N+](=O)[O-])[N+](=O)[O-]. The lowest BCUT2D eigenvalue weighted by Gasteiger charge is -2.12. The molecule has 0 bridgehead atoms. The average Bonchev–Trinajstić information content (AvgIpc) is 2.72. The van der Waals surface area contributed by atoms with Crippen LogP contribution in [0.25, 0.3) is 0 Å². The maximum Gasteiger partial charge on any atom is 0.632 e. The molecule has 0 N–H and O–H groups in total. The second kappa shape index (κ2) is 5.48. The van der Waals surface area contributed by atoms with Gasteiger partial charge in [-0.2, -0.15) is 9.55 Å². The Labute approximate surface area is 115 Å². The van der Waals surface area contributed by atoms with Crippen molar-refractivity contribution in [2.45, 2.75) is 12.6 Å². The summed E-state index contributed by atoms with van der Waals surface area (Å²) in [6.45, 7) is 0.943. The van der Waals surface area contributed by atoms with E-state index >= 15 is 0 Å². The van der Waals surface area contributed by atoms with Gasteiger partial charge in [-0.3, -0.25) is 20.2 Å². The zero-order valence-electron chi connectivity index (χ0n) is 10.8. The van der Waals surface area contributed by atoms with Gasteiger partial charge in [-0.1, -0.05) is 0 Å². The largest absolute Gasteiger partial charge is 0.632 e. The Morgan fingerprint density at radius 1 is 1.33 bits per heavy atom. The lowest BCUT2D eigenvalue weighted by atomic mass is 10.1. The van der Waals surface area contributed by atoms with E-state index in [0.717, 1.165) is 7.05 Å². The monoisotopic (exact) mass is 303 g/mol. The number of imidazole rings is 1. The van der Waals surface area contributed by atoms with Crippen LogP contribution in [0.1, 0.15) is 12.7 Å². The summed E-state index contributed by atoms with van der Waals surface area (Å²) in [5, 5.41) is 33.0. The molecule has 114 valence electrons. The van der Waals surface area contributed by atoms with Crippen molar-refractivity contribution in [3.05, 3.63) is 42.4 Å². The quantitative estimate of drug-likeness (QED) is 0.293. The first kappa shape index (κ1) is 15.9. The number of carbonyl (C=O) groups excluding carboxylic acids is 1. The number of carbonyl (C=O) groups is 1. The van der Waals surface area contributed by atoms with Crippen molar-refractivity contribution in [2.24, 2.45) is 7.05 Å². The third kappa shape index (κ3) is 2.24. The predicted molar refractivity (Wildman–Crippen MR) is 62.2 cm³/mol. The van der Waals surface area contributed by atoms with Crippen LogP contribution < -0.4 is 0 Å². The number of esters is 1. The summed E-state index contributed by atoms with van der Waals surface area (Å²) in [6.07, 6.45) is 0.580. The van der Waals surface area contributed by atoms with Crippen molar-refractivity contribution in [1.29, 1.82) is 0 Å². The molecule has 0 aromatic carbocycles. The van der Waals surface area contributed by atoms with Gasteiger partial charge in [0.15, 0.2) is 0 Å². The molecule has 0 aliphatic rings. The van der Waals surface area contributed by atoms with Crippen LogP contribution in [-0.4, -0.2) is 36.9 Å². The zero-order chi connectivity index (χ0) is 16.4. The van der Waals surface area contributed by atoms with E-state index in [1.54, 1.807) is 0 Å². The topological polar surface area (TPSA) is 174 Å². The van der Waals surface area contributed by atoms with E-state index in [9.17, 15) is 35.1 Å². The molecule has 0 amide bonds. The average molecular weight is 303 g/mol. The highest BCUT2D eigenvalue weighted by Gasteiger charge is 2.74. The van der Waals surface area contributed by atoms with Crippen molar-refractivity contribution in [3.63, 3.8) is 0 Å². The van der Waals surface area contributed by atoms with Gasteiger partial charge in [0, 0.05) is 0 Å². The molecule has 1 heterocycles. The molecule has 21 heavy (non-hydrogen) atoms. The number of nitrogens with zero attached hydrogens (tertiary/aromatic N) is 5. The second-order valence-electron chi connectivity index (χ2n) is 3.66. The maximum absolute atomic E-state index is 11.8. The van der Waals surface area contributed by atoms with Crippen molar-refractivity contribution in [1.82, 2.24) is 9.55 Å². The highest BCUT2D eigenvalue weighted by molar-refractivity contribution is 5.78. The summed E-state index contributed by atoms with van der Waals surface area (Å²) in [4.78, 5) is 44.1. The lowest BCUT2D eigenvalue weighted by molar-refractivity contribution is -0.792. The first-order valence-corrected chi connectivity index (χ1v) is 5.34. The fourth-order valence-electron chi connectivity index (χ4n) is 1.60. The second-order valence-corrected chi connectivity index (χ2v) is 3.66. The van der Waals surface area contributed by atoms with Gasteiger partial charge < -0.3 is 14.9 Å². The summed E-state index contributed by atoms with van der Waals surface area (Å²) in [7, 11) is 0.946. The first-order chi connectivity index (χ1) is 9.71. The summed E-state index contributed by atoms with van der Waals surface area (Å²) in [5.74, 6) is -3.56. The Kier molecular flexibility index (Phi) is 4.16. The van der Waals surface area contributed by atoms with Crippen molar-refractivity contribution < 1.29 is 24.3 Å². The molecule has 0 saturated heterocycles. The third-order valence-electron chi connectivity index (χ3n) is 2.55. The van der Waals surface area contributed by atoms with Crippen molar-refractivity contribution in [3.8, 4) is 0 Å². The fourth-order valence-corrected chi connectivity index (χ4v) is 1.60. The van der Waals surface area contributed by atoms with Crippen LogP contribution >= 0.6 is 0 Å². The fraction of sp³-hybridized carbons (Fsp3) is 0.500. The third-order valence-corrected chi connectivity index (χ3v) is 2.55. The van der Waals surface area contributed by atoms with Gasteiger partial charge in [0.05, 0.1) is 13.7 Å². The minimum absolute atomic E-state index is 0.352. The molecule has 0 radical (unpaired) electrons. The van der Waals surface area contributed by atoms with Crippen LogP contribution in [0.5, 0.6) is 0 Å². The molecule has 0 spiro atoms. The Bertz CT molecular complexity index is 608. The van der Waals surface area contributed by atoms with Gasteiger partial charge in [-0.15, -0.1) is 0 Å². The number of nitro groups is 3. The smallest absolute Gasteiger partial charge is 0.455 e. The van der Waals surface area contributed by atoms with E-state index in [-0.39, 0.29) is 6.61 Å². The molecule has 0 saturated carbocycles. The van der Waals surface area contributed by atoms with Gasteiger partial charge in [0.2, 0.25) is 0 Å². The Hall–Kier alpha value is -3.12. The highest BCUT2D eigenvalue weighted by atomic mass is 16.7. The predicted octanol–water partition coefficient (Wildman–Crippen LogP) is -0.402. The summed E-state index contributed by atoms with van der Waals surface area (Å²) >= 11 is 0. The molecule has 0 atom stereocenters. The molecule has 13 nitrogen and oxygen atoms in total. The zero-order valence-corrected chi connectivity index (χ0v) is 10.8. The Balaban J connectivity index is 3.66. The first-order valence-electron chi connectivity index (χ1n) is 5.34. The molecular weight excluding hydrogens is 294 g/mol. The van der Waals surface area contributed by atoms with E-state index in [1.807, 2.05) is 0 Å². The van der Waals surface area contributed by atoms with Crippen molar-refractivity contribution >= 4 is 11.8 Å². The van der Waals surface area contributed by atoms with Gasteiger partial charge >= 0.3 is 23.3 Å². The van der Waals surface area contributed by atoms with Gasteiger partial charge in [-0.25, -0.2) is 4.79 Å². The summed E-state index contributed by atoms with van der Waals surface area (Å²) in [6, 6.07) is 0. The molecule has 1 aromatic rings. The van der Waals surface area contributed by atoms with Crippen molar-refractivity contribution in [2.75, 3.05) is 6.61 Å². The minimum Gasteiger partial charge on any atom is -0.455 e. The molecule has 0 aliphatic carbocycles. The number of aromatic nitrogens is 2. The standard InChI is InChI=1S/C8H9N5O8/c1-3-21-7(14)8(12(17)18,13(19)20)6-9-4-5(10(6)2)11(15)16/h4H,3H2,1-2H3. The van der Waals surface area contributed by atoms with Crippen LogP contribution in [0.4, 0.5) is 5.82 Å². The van der Waals surface area contributed by atoms with Gasteiger partial charge in [0.1, 0.15) is 16.0 Å². The van der Waals surface area contributed by atoms with Crippen LogP contribution in [0, 0.1) is 30.3 Å². The normalized spacial score (nSPS) is 11.0. The van der Waals surface area contributed by atoms with E-state index in [0.29, 0.717) is 10.8 Å². The van der Waals surface area contributed by atoms with Crippen LogP contribution in [-0.2, 0) is 22.2 Å². The summed E-state index contributed by atoms with van der Waals surface area (Å²) < 4.78 is 4.85. The number of hydrogen-bond donors (Lipinski definition) is 0. The van der Waals surface area contributed by atoms with Crippen LogP contribution in [0.15, 0.2) is 6.20 Å². The van der Waals surface area contributed by atoms with Crippen LogP contribution in [0.3, 0.4) is 0 Å². The van der Waals surface area contributed by atoms with Crippen LogP contribution in [0.2, 0.25) is 0 Å². The van der Waals surface area contributed by atoms with E-state index in [1.165, 1.54) is 6.92 Å². The van der Waals surface area contributed by atoms with E-state index in [2.05, 4.69) is 9.72 Å². The number of ether oxygens (including phenoxy) is 1. The van der Waals surface area contributed by atoms with E-state index < -0.39 is 38.0 Å². The lowest BCUT2D eigenvalue weighted by Crippen LogP contribution is -2.53. The highest BCUT2D eigenvalue weighted by Crippen LogP contribution is 2.29. The number of hydrogen-bond acceptors (Lipinski definition) is 9. The maximum atomic E-state index is 11.8. The van der Waals surface area contributed by atoms with Gasteiger partial charge in [-0.05, 0) is 11.8 Å². The van der Waals surface area contributed by atoms with Gasteiger partial charge in [0.25, 0.3) is 0 Å². The summed E-state index contributed by atoms with van der Waals surface area (Å²) in [5.41, 5.74) is -3.57. The molecule has 0 unspecified atom stereocenters. The minimum atomic E-state index is -3.57. The molecule has 1 rings (SSSR count). The van der Waals surface area contributed by atoms with E-state index in [4.69, 9.17) is 0 Å². The molecule has 13 heteroatoms. The molecular formula is C8H9N5O8. The Morgan fingerprint density at radius 3 is 2.19 bits per heavy atom. The molecule has 0 fully saturated rings. The molecule has 1 aromatic heterocycles. The number of rotatable bonds is 6. The molecule has 0 aliphatic heterocycles. The Morgan fingerprint density at radius 2 is 1.86 bits per heavy atom.